The van der Waals surface area contributed by atoms with Gasteiger partial charge < -0.3 is 14.8 Å². The number of halogens is 2. The van der Waals surface area contributed by atoms with Crippen molar-refractivity contribution in [3.8, 4) is 0 Å². The van der Waals surface area contributed by atoms with Gasteiger partial charge in [-0.25, -0.2) is 8.78 Å². The van der Waals surface area contributed by atoms with Crippen molar-refractivity contribution >= 4 is 0 Å². The average Bonchev–Trinajstić information content (AvgIpc) is 2.44. The minimum absolute atomic E-state index is 0.0161. The third-order valence-corrected chi connectivity index (χ3v) is 4.09. The summed E-state index contributed by atoms with van der Waals surface area (Å²) >= 11 is 0. The predicted octanol–water partition coefficient (Wildman–Crippen LogP) is 2.29. The second kappa shape index (κ2) is 6.61. The smallest absolute Gasteiger partial charge is 0.126 e. The summed E-state index contributed by atoms with van der Waals surface area (Å²) in [7, 11) is 3.53. The van der Waals surface area contributed by atoms with Gasteiger partial charge in [0, 0.05) is 45.3 Å². The van der Waals surface area contributed by atoms with Gasteiger partial charge in [-0.05, 0) is 31.2 Å². The molecule has 0 bridgehead atoms. The van der Waals surface area contributed by atoms with E-state index in [1.807, 2.05) is 7.05 Å². The molecule has 0 spiro atoms. The molecule has 1 aromatic carbocycles. The molecular formula is C15H21F2NO2. The van der Waals surface area contributed by atoms with E-state index < -0.39 is 11.6 Å². The molecule has 20 heavy (non-hydrogen) atoms. The van der Waals surface area contributed by atoms with Gasteiger partial charge >= 0.3 is 0 Å². The average molecular weight is 285 g/mol. The summed E-state index contributed by atoms with van der Waals surface area (Å²) in [5.41, 5.74) is 0.278. The maximum Gasteiger partial charge on any atom is 0.126 e. The van der Waals surface area contributed by atoms with Crippen LogP contribution in [-0.4, -0.2) is 39.0 Å². The van der Waals surface area contributed by atoms with Gasteiger partial charge in [0.15, 0.2) is 0 Å². The van der Waals surface area contributed by atoms with Gasteiger partial charge in [-0.15, -0.1) is 0 Å². The van der Waals surface area contributed by atoms with Gasteiger partial charge in [-0.2, -0.15) is 0 Å². The SMILES string of the molecule is CNC(Cc1cc(F)cc(F)c1)C1(OC)CCOCC1. The van der Waals surface area contributed by atoms with Crippen molar-refractivity contribution in [2.45, 2.75) is 30.9 Å². The molecule has 0 radical (unpaired) electrons. The Labute approximate surface area is 118 Å². The molecule has 5 heteroatoms. The lowest BCUT2D eigenvalue weighted by Gasteiger charge is -2.42. The van der Waals surface area contributed by atoms with E-state index in [9.17, 15) is 8.78 Å². The second-order valence-corrected chi connectivity index (χ2v) is 5.20. The zero-order valence-electron chi connectivity index (χ0n) is 11.9. The first-order chi connectivity index (χ1) is 9.59. The minimum atomic E-state index is -0.548. The van der Waals surface area contributed by atoms with Gasteiger partial charge in [0.1, 0.15) is 11.6 Å². The molecule has 112 valence electrons. The minimum Gasteiger partial charge on any atom is -0.381 e. The first-order valence-electron chi connectivity index (χ1n) is 6.85. The highest BCUT2D eigenvalue weighted by molar-refractivity contribution is 5.20. The maximum absolute atomic E-state index is 13.3. The number of methoxy groups -OCH3 is 1. The largest absolute Gasteiger partial charge is 0.381 e. The van der Waals surface area contributed by atoms with Crippen LogP contribution in [0.2, 0.25) is 0 Å². The Kier molecular flexibility index (Phi) is 5.07. The number of hydrogen-bond donors (Lipinski definition) is 1. The first kappa shape index (κ1) is 15.4. The van der Waals surface area contributed by atoms with Gasteiger partial charge in [-0.1, -0.05) is 0 Å². The van der Waals surface area contributed by atoms with Crippen molar-refractivity contribution in [1.29, 1.82) is 0 Å². The van der Waals surface area contributed by atoms with Gasteiger partial charge in [0.05, 0.1) is 5.60 Å². The zero-order chi connectivity index (χ0) is 14.6. The summed E-state index contributed by atoms with van der Waals surface area (Å²) < 4.78 is 37.7. The molecule has 0 aromatic heterocycles. The fourth-order valence-electron chi connectivity index (χ4n) is 2.93. The predicted molar refractivity (Wildman–Crippen MR) is 72.7 cm³/mol. The highest BCUT2D eigenvalue weighted by Crippen LogP contribution is 2.30. The van der Waals surface area contributed by atoms with Gasteiger partial charge in [0.25, 0.3) is 0 Å². The quantitative estimate of drug-likeness (QED) is 0.900. The molecule has 1 heterocycles. The Morgan fingerprint density at radius 2 is 1.85 bits per heavy atom. The normalized spacial score (nSPS) is 19.8. The highest BCUT2D eigenvalue weighted by Gasteiger charge is 2.39. The van der Waals surface area contributed by atoms with E-state index in [0.29, 0.717) is 25.2 Å². The Hall–Kier alpha value is -1.04. The molecule has 1 fully saturated rings. The van der Waals surface area contributed by atoms with Crippen LogP contribution in [0.3, 0.4) is 0 Å². The molecule has 0 amide bonds. The molecule has 0 aliphatic carbocycles. The summed E-state index contributed by atoms with van der Waals surface area (Å²) in [6, 6.07) is 3.61. The van der Waals surface area contributed by atoms with Crippen LogP contribution in [0.1, 0.15) is 18.4 Å². The number of ether oxygens (including phenoxy) is 2. The van der Waals surface area contributed by atoms with Crippen LogP contribution in [0.25, 0.3) is 0 Å². The van der Waals surface area contributed by atoms with E-state index in [1.165, 1.54) is 12.1 Å². The van der Waals surface area contributed by atoms with Crippen molar-refractivity contribution in [3.63, 3.8) is 0 Å². The number of benzene rings is 1. The molecule has 2 rings (SSSR count). The third-order valence-electron chi connectivity index (χ3n) is 4.09. The van der Waals surface area contributed by atoms with Gasteiger partial charge in [0.2, 0.25) is 0 Å². The Morgan fingerprint density at radius 1 is 1.25 bits per heavy atom. The van der Waals surface area contributed by atoms with E-state index in [1.54, 1.807) is 7.11 Å². The summed E-state index contributed by atoms with van der Waals surface area (Å²) in [6.45, 7) is 1.28. The lowest BCUT2D eigenvalue weighted by Crippen LogP contribution is -2.55. The van der Waals surface area contributed by atoms with Crippen LogP contribution >= 0.6 is 0 Å². The van der Waals surface area contributed by atoms with E-state index in [-0.39, 0.29) is 11.6 Å². The van der Waals surface area contributed by atoms with Crippen molar-refractivity contribution in [2.24, 2.45) is 0 Å². The summed E-state index contributed by atoms with van der Waals surface area (Å²) in [4.78, 5) is 0. The van der Waals surface area contributed by atoms with Crippen LogP contribution in [-0.2, 0) is 15.9 Å². The second-order valence-electron chi connectivity index (χ2n) is 5.20. The van der Waals surface area contributed by atoms with Crippen LogP contribution in [0.4, 0.5) is 8.78 Å². The standard InChI is InChI=1S/C15H21F2NO2/c1-18-14(15(19-2)3-5-20-6-4-15)9-11-7-12(16)10-13(17)8-11/h7-8,10,14,18H,3-6,9H2,1-2H3. The van der Waals surface area contributed by atoms with Crippen LogP contribution < -0.4 is 5.32 Å². The number of likely N-dealkylation sites (N-methyl/N-ethyl adjacent to an activating group) is 1. The maximum atomic E-state index is 13.3. The lowest BCUT2D eigenvalue weighted by atomic mass is 9.82. The van der Waals surface area contributed by atoms with Crippen LogP contribution in [0.5, 0.6) is 0 Å². The highest BCUT2D eigenvalue weighted by atomic mass is 19.1. The summed E-state index contributed by atoms with van der Waals surface area (Å²) in [6.07, 6.45) is 2.05. The molecule has 1 aliphatic heterocycles. The molecule has 1 aliphatic rings. The zero-order valence-corrected chi connectivity index (χ0v) is 11.9. The monoisotopic (exact) mass is 285 g/mol. The molecule has 1 N–H and O–H groups in total. The molecule has 1 saturated heterocycles. The fraction of sp³-hybridized carbons (Fsp3) is 0.600. The van der Waals surface area contributed by atoms with Crippen LogP contribution in [0, 0.1) is 11.6 Å². The topological polar surface area (TPSA) is 30.5 Å². The Morgan fingerprint density at radius 3 is 2.35 bits per heavy atom. The molecule has 1 atom stereocenters. The lowest BCUT2D eigenvalue weighted by molar-refractivity contribution is -0.109. The van der Waals surface area contributed by atoms with Crippen molar-refractivity contribution in [1.82, 2.24) is 5.32 Å². The van der Waals surface area contributed by atoms with E-state index in [0.717, 1.165) is 18.9 Å². The van der Waals surface area contributed by atoms with Crippen molar-refractivity contribution < 1.29 is 18.3 Å². The molecule has 1 aromatic rings. The number of hydrogen-bond acceptors (Lipinski definition) is 3. The first-order valence-corrected chi connectivity index (χ1v) is 6.85. The van der Waals surface area contributed by atoms with Crippen molar-refractivity contribution in [3.05, 3.63) is 35.4 Å². The third kappa shape index (κ3) is 3.34. The summed E-state index contributed by atoms with van der Waals surface area (Å²) in [5.74, 6) is -1.10. The van der Waals surface area contributed by atoms with Gasteiger partial charge in [-0.3, -0.25) is 0 Å². The van der Waals surface area contributed by atoms with Crippen LogP contribution in [0.15, 0.2) is 18.2 Å². The van der Waals surface area contributed by atoms with E-state index in [2.05, 4.69) is 5.32 Å². The van der Waals surface area contributed by atoms with Crippen molar-refractivity contribution in [2.75, 3.05) is 27.4 Å². The molecular weight excluding hydrogens is 264 g/mol. The molecule has 0 saturated carbocycles. The Bertz CT molecular complexity index is 427. The molecule has 1 unspecified atom stereocenters. The molecule has 3 nitrogen and oxygen atoms in total. The van der Waals surface area contributed by atoms with E-state index >= 15 is 0 Å². The van der Waals surface area contributed by atoms with E-state index in [4.69, 9.17) is 9.47 Å². The summed E-state index contributed by atoms with van der Waals surface area (Å²) in [5, 5.41) is 3.23. The Balaban J connectivity index is 2.18. The number of nitrogens with one attached hydrogen (secondary N) is 1. The number of rotatable bonds is 5. The fourth-order valence-corrected chi connectivity index (χ4v) is 2.93.